The van der Waals surface area contributed by atoms with E-state index in [0.717, 1.165) is 18.7 Å². The highest BCUT2D eigenvalue weighted by Gasteiger charge is 2.22. The Hall–Kier alpha value is -1.26. The highest BCUT2D eigenvalue weighted by molar-refractivity contribution is 7.89. The number of rotatable bonds is 6. The summed E-state index contributed by atoms with van der Waals surface area (Å²) in [5.41, 5.74) is 4.71. The number of hydrogen-bond donors (Lipinski definition) is 2. The Labute approximate surface area is 155 Å². The van der Waals surface area contributed by atoms with E-state index in [9.17, 15) is 8.42 Å². The summed E-state index contributed by atoms with van der Waals surface area (Å²) in [7, 11) is -3.50. The van der Waals surface area contributed by atoms with Crippen LogP contribution >= 0.6 is 12.2 Å². The molecular formula is C16H26N4O3S2. The lowest BCUT2D eigenvalue weighted by molar-refractivity contribution is 0.0252. The van der Waals surface area contributed by atoms with Crippen LogP contribution in [0.25, 0.3) is 0 Å². The molecule has 7 nitrogen and oxygen atoms in total. The fraction of sp³-hybridized carbons (Fsp3) is 0.562. The van der Waals surface area contributed by atoms with Gasteiger partial charge in [-0.25, -0.2) is 13.4 Å². The number of nitrogens with zero attached hydrogens (tertiary/aromatic N) is 2. The van der Waals surface area contributed by atoms with Crippen LogP contribution in [0.15, 0.2) is 23.1 Å². The average Bonchev–Trinajstić information content (AvgIpc) is 2.58. The van der Waals surface area contributed by atoms with E-state index in [1.54, 1.807) is 18.2 Å². The molecule has 0 unspecified atom stereocenters. The van der Waals surface area contributed by atoms with Crippen molar-refractivity contribution in [3.8, 4) is 0 Å². The van der Waals surface area contributed by atoms with Gasteiger partial charge in [0.05, 0.1) is 18.1 Å². The second kappa shape index (κ2) is 8.91. The van der Waals surface area contributed by atoms with Crippen LogP contribution in [0.5, 0.6) is 0 Å². The first kappa shape index (κ1) is 20.1. The predicted octanol–water partition coefficient (Wildman–Crippen LogP) is 1.56. The zero-order chi connectivity index (χ0) is 18.4. The molecule has 1 saturated heterocycles. The Bertz CT molecular complexity index is 699. The minimum Gasteiger partial charge on any atom is -0.379 e. The van der Waals surface area contributed by atoms with Gasteiger partial charge in [-0.3, -0.25) is 5.43 Å². The van der Waals surface area contributed by atoms with Crippen LogP contribution in [0, 0.1) is 6.92 Å². The first-order chi connectivity index (χ1) is 11.9. The quantitative estimate of drug-likeness (QED) is 0.719. The molecule has 2 N–H and O–H groups in total. The first-order valence-electron chi connectivity index (χ1n) is 8.39. The number of aryl methyl sites for hydroxylation is 1. The molecule has 0 amide bonds. The van der Waals surface area contributed by atoms with E-state index in [4.69, 9.17) is 17.0 Å². The van der Waals surface area contributed by atoms with Gasteiger partial charge in [-0.15, -0.1) is 0 Å². The van der Waals surface area contributed by atoms with Gasteiger partial charge in [-0.05, 0) is 36.8 Å². The van der Waals surface area contributed by atoms with Crippen molar-refractivity contribution >= 4 is 33.0 Å². The predicted molar refractivity (Wildman–Crippen MR) is 103 cm³/mol. The maximum absolute atomic E-state index is 12.7. The number of hydrogen-bond acceptors (Lipinski definition) is 5. The molecule has 1 aromatic rings. The summed E-state index contributed by atoms with van der Waals surface area (Å²) in [6.45, 7) is 9.25. The number of nitrogens with one attached hydrogen (secondary N) is 2. The molecule has 9 heteroatoms. The first-order valence-corrected chi connectivity index (χ1v) is 10.2. The summed E-state index contributed by atoms with van der Waals surface area (Å²) in [5.74, 6) is 0. The number of ether oxygens (including phenoxy) is 1. The van der Waals surface area contributed by atoms with Crippen LogP contribution in [0.3, 0.4) is 0 Å². The molecule has 0 atom stereocenters. The monoisotopic (exact) mass is 386 g/mol. The van der Waals surface area contributed by atoms with E-state index in [2.05, 4.69) is 10.7 Å². The molecule has 0 aromatic heterocycles. The van der Waals surface area contributed by atoms with Crippen molar-refractivity contribution in [2.45, 2.75) is 25.7 Å². The lowest BCUT2D eigenvalue weighted by atomic mass is 10.2. The molecule has 0 bridgehead atoms. The Balaban J connectivity index is 2.14. The number of benzene rings is 1. The van der Waals surface area contributed by atoms with Gasteiger partial charge in [-0.1, -0.05) is 19.9 Å². The third-order valence-corrected chi connectivity index (χ3v) is 6.31. The normalized spacial score (nSPS) is 16.0. The summed E-state index contributed by atoms with van der Waals surface area (Å²) in [4.78, 5) is 0.262. The number of hydrazine groups is 1. The highest BCUT2D eigenvalue weighted by Crippen LogP contribution is 2.23. The Kier molecular flexibility index (Phi) is 7.14. The van der Waals surface area contributed by atoms with Crippen LogP contribution < -0.4 is 10.7 Å². The largest absolute Gasteiger partial charge is 0.379 e. The zero-order valence-electron chi connectivity index (χ0n) is 14.9. The van der Waals surface area contributed by atoms with Crippen molar-refractivity contribution in [2.75, 3.05) is 44.7 Å². The smallest absolute Gasteiger partial charge is 0.243 e. The third kappa shape index (κ3) is 5.11. The number of morpholine rings is 1. The molecule has 2 rings (SSSR count). The Morgan fingerprint density at radius 1 is 1.28 bits per heavy atom. The Morgan fingerprint density at radius 3 is 2.52 bits per heavy atom. The molecular weight excluding hydrogens is 360 g/mol. The third-order valence-electron chi connectivity index (χ3n) is 4.07. The fourth-order valence-electron chi connectivity index (χ4n) is 2.58. The van der Waals surface area contributed by atoms with Crippen LogP contribution in [-0.4, -0.2) is 62.2 Å². The van der Waals surface area contributed by atoms with E-state index in [1.807, 2.05) is 25.8 Å². The molecule has 0 spiro atoms. The second-order valence-electron chi connectivity index (χ2n) is 5.73. The molecule has 1 fully saturated rings. The summed E-state index contributed by atoms with van der Waals surface area (Å²) in [6.07, 6.45) is 0. The van der Waals surface area contributed by atoms with Crippen molar-refractivity contribution in [3.05, 3.63) is 23.8 Å². The minimum absolute atomic E-state index is 0.262. The van der Waals surface area contributed by atoms with Gasteiger partial charge in [0.1, 0.15) is 0 Å². The van der Waals surface area contributed by atoms with Crippen molar-refractivity contribution in [1.82, 2.24) is 14.7 Å². The highest BCUT2D eigenvalue weighted by atomic mass is 32.2. The number of sulfonamides is 1. The molecule has 25 heavy (non-hydrogen) atoms. The fourth-order valence-corrected chi connectivity index (χ4v) is 4.30. The minimum atomic E-state index is -3.50. The number of anilines is 1. The molecule has 140 valence electrons. The van der Waals surface area contributed by atoms with Crippen molar-refractivity contribution in [2.24, 2.45) is 0 Å². The van der Waals surface area contributed by atoms with Crippen molar-refractivity contribution in [3.63, 3.8) is 0 Å². The maximum atomic E-state index is 12.7. The van der Waals surface area contributed by atoms with Crippen LogP contribution in [0.1, 0.15) is 19.4 Å². The SMILES string of the molecule is CCN(CC)S(=O)(=O)c1ccc(C)c(NC(=S)NN2CCOCC2)c1. The van der Waals surface area contributed by atoms with Gasteiger partial charge < -0.3 is 10.1 Å². The topological polar surface area (TPSA) is 73.9 Å². The molecule has 0 saturated carbocycles. The van der Waals surface area contributed by atoms with Gasteiger partial charge in [0.2, 0.25) is 10.0 Å². The summed E-state index contributed by atoms with van der Waals surface area (Å²) >= 11 is 5.35. The van der Waals surface area contributed by atoms with E-state index in [0.29, 0.717) is 37.1 Å². The second-order valence-corrected chi connectivity index (χ2v) is 8.08. The van der Waals surface area contributed by atoms with Crippen molar-refractivity contribution in [1.29, 1.82) is 0 Å². The van der Waals surface area contributed by atoms with Crippen LogP contribution in [0.4, 0.5) is 5.69 Å². The zero-order valence-corrected chi connectivity index (χ0v) is 16.5. The van der Waals surface area contributed by atoms with Crippen LogP contribution in [-0.2, 0) is 14.8 Å². The molecule has 1 aliphatic heterocycles. The van der Waals surface area contributed by atoms with Gasteiger partial charge in [0.25, 0.3) is 0 Å². The lowest BCUT2D eigenvalue weighted by Gasteiger charge is -2.28. The molecule has 0 aliphatic carbocycles. The van der Waals surface area contributed by atoms with Crippen LogP contribution in [0.2, 0.25) is 0 Å². The lowest BCUT2D eigenvalue weighted by Crippen LogP contribution is -2.49. The maximum Gasteiger partial charge on any atom is 0.243 e. The van der Waals surface area contributed by atoms with Crippen molar-refractivity contribution < 1.29 is 13.2 Å². The van der Waals surface area contributed by atoms with E-state index in [-0.39, 0.29) is 4.90 Å². The molecule has 1 aromatic carbocycles. The standard InChI is InChI=1S/C16H26N4O3S2/c1-4-20(5-2)25(21,22)14-7-6-13(3)15(12-14)17-16(24)18-19-8-10-23-11-9-19/h6-7,12H,4-5,8-11H2,1-3H3,(H2,17,18,24). The van der Waals surface area contributed by atoms with Gasteiger partial charge in [0, 0.05) is 31.9 Å². The average molecular weight is 387 g/mol. The summed E-state index contributed by atoms with van der Waals surface area (Å²) < 4.78 is 32.1. The molecule has 1 heterocycles. The van der Waals surface area contributed by atoms with Gasteiger partial charge in [0.15, 0.2) is 5.11 Å². The van der Waals surface area contributed by atoms with E-state index >= 15 is 0 Å². The summed E-state index contributed by atoms with van der Waals surface area (Å²) in [5, 5.41) is 5.51. The Morgan fingerprint density at radius 2 is 1.92 bits per heavy atom. The van der Waals surface area contributed by atoms with Gasteiger partial charge in [-0.2, -0.15) is 4.31 Å². The van der Waals surface area contributed by atoms with E-state index < -0.39 is 10.0 Å². The summed E-state index contributed by atoms with van der Waals surface area (Å²) in [6, 6.07) is 5.05. The molecule has 0 radical (unpaired) electrons. The molecule has 1 aliphatic rings. The van der Waals surface area contributed by atoms with E-state index in [1.165, 1.54) is 4.31 Å². The van der Waals surface area contributed by atoms with Gasteiger partial charge >= 0.3 is 0 Å². The number of thiocarbonyl (C=S) groups is 1.